The van der Waals surface area contributed by atoms with Gasteiger partial charge in [0.25, 0.3) is 11.8 Å². The average molecular weight is 402 g/mol. The summed E-state index contributed by atoms with van der Waals surface area (Å²) in [5, 5.41) is 5.26. The quantitative estimate of drug-likeness (QED) is 0.611. The minimum Gasteiger partial charge on any atom is -0.497 e. The van der Waals surface area contributed by atoms with Gasteiger partial charge in [0.1, 0.15) is 11.4 Å². The van der Waals surface area contributed by atoms with E-state index in [1.165, 1.54) is 12.0 Å². The number of amides is 2. The first-order chi connectivity index (χ1) is 14.6. The van der Waals surface area contributed by atoms with Crippen LogP contribution in [0.25, 0.3) is 16.3 Å². The van der Waals surface area contributed by atoms with Crippen LogP contribution >= 0.6 is 0 Å². The first-order valence-corrected chi connectivity index (χ1v) is 9.62. The number of benzene rings is 3. The van der Waals surface area contributed by atoms with Crippen LogP contribution in [0, 0.1) is 0 Å². The van der Waals surface area contributed by atoms with Gasteiger partial charge in [-0.1, -0.05) is 48.5 Å². The molecule has 1 aliphatic heterocycles. The third-order valence-electron chi connectivity index (χ3n) is 5.12. The van der Waals surface area contributed by atoms with Crippen LogP contribution in [0.2, 0.25) is 0 Å². The molecule has 2 amide bonds. The second-order valence-electron chi connectivity index (χ2n) is 6.88. The van der Waals surface area contributed by atoms with E-state index < -0.39 is 0 Å². The molecule has 0 bridgehead atoms. The predicted molar refractivity (Wildman–Crippen MR) is 116 cm³/mol. The zero-order valence-corrected chi connectivity index (χ0v) is 16.8. The molecule has 0 fully saturated rings. The molecule has 6 nitrogen and oxygen atoms in total. The second-order valence-corrected chi connectivity index (χ2v) is 6.88. The van der Waals surface area contributed by atoms with Crippen molar-refractivity contribution >= 4 is 33.8 Å². The van der Waals surface area contributed by atoms with E-state index in [0.717, 1.165) is 16.5 Å². The third kappa shape index (κ3) is 3.53. The lowest BCUT2D eigenvalue weighted by Gasteiger charge is -2.15. The summed E-state index contributed by atoms with van der Waals surface area (Å²) in [5.41, 5.74) is 2.02. The number of ether oxygens (including phenoxy) is 2. The van der Waals surface area contributed by atoms with Crippen LogP contribution in [0.15, 0.2) is 72.4 Å². The molecule has 0 spiro atoms. The average Bonchev–Trinajstić information content (AvgIpc) is 3.01. The lowest BCUT2D eigenvalue weighted by Crippen LogP contribution is -2.35. The largest absolute Gasteiger partial charge is 0.497 e. The van der Waals surface area contributed by atoms with Crippen LogP contribution in [0.1, 0.15) is 5.56 Å². The first-order valence-electron chi connectivity index (χ1n) is 9.62. The molecule has 1 aliphatic rings. The van der Waals surface area contributed by atoms with Gasteiger partial charge in [0.05, 0.1) is 25.8 Å². The summed E-state index contributed by atoms with van der Waals surface area (Å²) in [5.74, 6) is -0.0309. The van der Waals surface area contributed by atoms with E-state index in [9.17, 15) is 9.59 Å². The van der Waals surface area contributed by atoms with Crippen molar-refractivity contribution in [2.45, 2.75) is 0 Å². The molecule has 0 aliphatic carbocycles. The highest BCUT2D eigenvalue weighted by Gasteiger charge is 2.39. The van der Waals surface area contributed by atoms with E-state index in [0.29, 0.717) is 16.9 Å². The summed E-state index contributed by atoms with van der Waals surface area (Å²) in [4.78, 5) is 27.6. The van der Waals surface area contributed by atoms with Gasteiger partial charge in [-0.3, -0.25) is 14.5 Å². The highest BCUT2D eigenvalue weighted by Crippen LogP contribution is 2.33. The van der Waals surface area contributed by atoms with E-state index >= 15 is 0 Å². The summed E-state index contributed by atoms with van der Waals surface area (Å²) in [6.45, 7) is 0.462. The SMILES string of the molecule is COCCN1C(=O)C(Nc2cccc3ccccc23)=C(c2ccc(OC)cc2)C1=O. The van der Waals surface area contributed by atoms with Crippen LogP contribution < -0.4 is 10.1 Å². The smallest absolute Gasteiger partial charge is 0.278 e. The Bertz CT molecular complexity index is 1130. The van der Waals surface area contributed by atoms with E-state index in [4.69, 9.17) is 9.47 Å². The van der Waals surface area contributed by atoms with Crippen molar-refractivity contribution in [3.05, 3.63) is 78.0 Å². The fourth-order valence-corrected chi connectivity index (χ4v) is 3.57. The third-order valence-corrected chi connectivity index (χ3v) is 5.12. The molecule has 0 unspecified atom stereocenters. The number of methoxy groups -OCH3 is 2. The normalized spacial score (nSPS) is 14.0. The summed E-state index contributed by atoms with van der Waals surface area (Å²) >= 11 is 0. The van der Waals surface area contributed by atoms with Crippen LogP contribution in [-0.2, 0) is 14.3 Å². The van der Waals surface area contributed by atoms with Crippen molar-refractivity contribution in [1.29, 1.82) is 0 Å². The summed E-state index contributed by atoms with van der Waals surface area (Å²) in [7, 11) is 3.12. The molecule has 1 N–H and O–H groups in total. The number of hydrogen-bond donors (Lipinski definition) is 1. The van der Waals surface area contributed by atoms with E-state index in [1.54, 1.807) is 31.4 Å². The molecule has 0 saturated carbocycles. The molecular formula is C24H22N2O4. The van der Waals surface area contributed by atoms with E-state index in [-0.39, 0.29) is 30.7 Å². The zero-order chi connectivity index (χ0) is 21.1. The Kier molecular flexibility index (Phi) is 5.50. The molecule has 3 aromatic rings. The number of carbonyl (C=O) groups is 2. The number of imide groups is 1. The van der Waals surface area contributed by atoms with Gasteiger partial charge >= 0.3 is 0 Å². The van der Waals surface area contributed by atoms with Crippen LogP contribution in [0.4, 0.5) is 5.69 Å². The van der Waals surface area contributed by atoms with Crippen molar-refractivity contribution in [2.75, 3.05) is 32.7 Å². The summed E-state index contributed by atoms with van der Waals surface area (Å²) in [6.07, 6.45) is 0. The molecule has 0 aromatic heterocycles. The number of carbonyl (C=O) groups excluding carboxylic acids is 2. The Balaban J connectivity index is 1.80. The van der Waals surface area contributed by atoms with Crippen molar-refractivity contribution in [3.8, 4) is 5.75 Å². The molecular weight excluding hydrogens is 380 g/mol. The van der Waals surface area contributed by atoms with Gasteiger partial charge in [0.15, 0.2) is 0 Å². The molecule has 4 rings (SSSR count). The molecule has 152 valence electrons. The number of rotatable bonds is 7. The molecule has 1 heterocycles. The maximum absolute atomic E-state index is 13.2. The molecule has 0 saturated heterocycles. The van der Waals surface area contributed by atoms with E-state index in [2.05, 4.69) is 5.32 Å². The fraction of sp³-hybridized carbons (Fsp3) is 0.167. The molecule has 0 atom stereocenters. The molecule has 0 radical (unpaired) electrons. The monoisotopic (exact) mass is 402 g/mol. The minimum atomic E-state index is -0.365. The number of nitrogens with zero attached hydrogens (tertiary/aromatic N) is 1. The maximum Gasteiger partial charge on any atom is 0.278 e. The first kappa shape index (κ1) is 19.7. The van der Waals surface area contributed by atoms with Gasteiger partial charge in [-0.05, 0) is 29.1 Å². The minimum absolute atomic E-state index is 0.189. The predicted octanol–water partition coefficient (Wildman–Crippen LogP) is 3.69. The number of anilines is 1. The summed E-state index contributed by atoms with van der Waals surface area (Å²) in [6, 6.07) is 20.8. The van der Waals surface area contributed by atoms with Gasteiger partial charge in [-0.2, -0.15) is 0 Å². The Labute approximate surface area is 174 Å². The lowest BCUT2D eigenvalue weighted by atomic mass is 10.0. The molecule has 3 aromatic carbocycles. The van der Waals surface area contributed by atoms with Gasteiger partial charge in [0.2, 0.25) is 0 Å². The number of hydrogen-bond acceptors (Lipinski definition) is 5. The van der Waals surface area contributed by atoms with E-state index in [1.807, 2.05) is 42.5 Å². The second kappa shape index (κ2) is 8.39. The molecule has 6 heteroatoms. The van der Waals surface area contributed by atoms with Gasteiger partial charge in [-0.25, -0.2) is 0 Å². The number of fused-ring (bicyclic) bond motifs is 1. The highest BCUT2D eigenvalue weighted by atomic mass is 16.5. The zero-order valence-electron chi connectivity index (χ0n) is 16.8. The fourth-order valence-electron chi connectivity index (χ4n) is 3.57. The van der Waals surface area contributed by atoms with Gasteiger partial charge < -0.3 is 14.8 Å². The maximum atomic E-state index is 13.2. The van der Waals surface area contributed by atoms with Crippen LogP contribution in [-0.4, -0.2) is 44.1 Å². The topological polar surface area (TPSA) is 67.9 Å². The van der Waals surface area contributed by atoms with Crippen LogP contribution in [0.3, 0.4) is 0 Å². The number of nitrogens with one attached hydrogen (secondary N) is 1. The Hall–Kier alpha value is -3.64. The summed E-state index contributed by atoms with van der Waals surface area (Å²) < 4.78 is 10.3. The van der Waals surface area contributed by atoms with Gasteiger partial charge in [-0.15, -0.1) is 0 Å². The van der Waals surface area contributed by atoms with Gasteiger partial charge in [0, 0.05) is 18.2 Å². The van der Waals surface area contributed by atoms with Crippen LogP contribution in [0.5, 0.6) is 5.75 Å². The van der Waals surface area contributed by atoms with Crippen molar-refractivity contribution < 1.29 is 19.1 Å². The Morgan fingerprint density at radius 2 is 1.60 bits per heavy atom. The van der Waals surface area contributed by atoms with Crippen molar-refractivity contribution in [2.24, 2.45) is 0 Å². The Morgan fingerprint density at radius 3 is 2.33 bits per heavy atom. The molecule has 30 heavy (non-hydrogen) atoms. The lowest BCUT2D eigenvalue weighted by molar-refractivity contribution is -0.137. The standard InChI is InChI=1S/C24H22N2O4/c1-29-15-14-26-23(27)21(17-10-12-18(30-2)13-11-17)22(24(26)28)25-20-9-5-7-16-6-3-4-8-19(16)20/h3-13,25H,14-15H2,1-2H3. The highest BCUT2D eigenvalue weighted by molar-refractivity contribution is 6.36. The van der Waals surface area contributed by atoms with Crippen molar-refractivity contribution in [3.63, 3.8) is 0 Å². The van der Waals surface area contributed by atoms with Crippen molar-refractivity contribution in [1.82, 2.24) is 4.90 Å². The Morgan fingerprint density at radius 1 is 0.867 bits per heavy atom.